The molecule has 0 saturated heterocycles. The summed E-state index contributed by atoms with van der Waals surface area (Å²) in [6.45, 7) is 3.26. The maximum atomic E-state index is 4.70. The summed E-state index contributed by atoms with van der Waals surface area (Å²) in [5.41, 5.74) is 2.15. The van der Waals surface area contributed by atoms with E-state index in [1.165, 1.54) is 6.42 Å². The highest BCUT2D eigenvalue weighted by molar-refractivity contribution is 5.57. The van der Waals surface area contributed by atoms with Crippen LogP contribution in [-0.4, -0.2) is 24.3 Å². The van der Waals surface area contributed by atoms with E-state index in [-0.39, 0.29) is 0 Å². The van der Waals surface area contributed by atoms with Crippen molar-refractivity contribution >= 4 is 0 Å². The van der Waals surface area contributed by atoms with Crippen LogP contribution in [0.5, 0.6) is 0 Å². The summed E-state index contributed by atoms with van der Waals surface area (Å²) in [4.78, 5) is 8.76. The number of fused-ring (bicyclic) bond motifs is 1. The highest BCUT2D eigenvalue weighted by Gasteiger charge is 2.19. The van der Waals surface area contributed by atoms with Crippen LogP contribution in [0.1, 0.15) is 19.2 Å². The molecule has 3 aromatic rings. The van der Waals surface area contributed by atoms with Gasteiger partial charge in [0, 0.05) is 36.6 Å². The Hall–Kier alpha value is -2.43. The zero-order valence-corrected chi connectivity index (χ0v) is 12.0. The maximum Gasteiger partial charge on any atom is 0.181 e. The smallest absolute Gasteiger partial charge is 0.181 e. The largest absolute Gasteiger partial charge is 0.306 e. The third-order valence-electron chi connectivity index (χ3n) is 4.04. The van der Waals surface area contributed by atoms with Crippen molar-refractivity contribution in [3.8, 4) is 17.1 Å². The normalized spacial score (nSPS) is 17.7. The van der Waals surface area contributed by atoms with E-state index in [9.17, 15) is 0 Å². The van der Waals surface area contributed by atoms with Crippen LogP contribution in [0.2, 0.25) is 0 Å². The number of benzene rings is 1. The van der Waals surface area contributed by atoms with Gasteiger partial charge in [0.1, 0.15) is 5.82 Å². The molecule has 5 nitrogen and oxygen atoms in total. The summed E-state index contributed by atoms with van der Waals surface area (Å²) in [6, 6.07) is 8.28. The Kier molecular flexibility index (Phi) is 2.84. The lowest BCUT2D eigenvalue weighted by molar-refractivity contribution is 0.386. The fraction of sp³-hybridized carbons (Fsp3) is 0.312. The topological polar surface area (TPSA) is 48.5 Å². The van der Waals surface area contributed by atoms with Gasteiger partial charge in [-0.15, -0.1) is 0 Å². The molecule has 0 spiro atoms. The predicted octanol–water partition coefficient (Wildman–Crippen LogP) is 2.71. The Bertz CT molecular complexity index is 740. The minimum Gasteiger partial charge on any atom is -0.306 e. The molecular weight excluding hydrogens is 262 g/mol. The van der Waals surface area contributed by atoms with Crippen LogP contribution < -0.4 is 0 Å². The number of nitrogens with zero attached hydrogens (tertiary/aromatic N) is 5. The van der Waals surface area contributed by atoms with E-state index in [4.69, 9.17) is 4.98 Å². The van der Waals surface area contributed by atoms with Crippen LogP contribution in [0.25, 0.3) is 17.1 Å². The number of aromatic nitrogens is 5. The maximum absolute atomic E-state index is 4.70. The van der Waals surface area contributed by atoms with Gasteiger partial charge in [-0.25, -0.2) is 14.6 Å². The minimum absolute atomic E-state index is 0.707. The Morgan fingerprint density at radius 2 is 2.05 bits per heavy atom. The van der Waals surface area contributed by atoms with Gasteiger partial charge in [-0.2, -0.15) is 5.10 Å². The average molecular weight is 279 g/mol. The second-order valence-electron chi connectivity index (χ2n) is 5.69. The lowest BCUT2D eigenvalue weighted by Gasteiger charge is -2.17. The SMILES string of the molecule is CC1CCn2nc(-c3ccc(-n4ccnc4)cc3)nc2C1. The first-order chi connectivity index (χ1) is 10.3. The molecular formula is C16H17N5. The van der Waals surface area contributed by atoms with Crippen molar-refractivity contribution in [3.05, 3.63) is 48.8 Å². The fourth-order valence-electron chi connectivity index (χ4n) is 2.78. The molecule has 0 fully saturated rings. The number of hydrogen-bond acceptors (Lipinski definition) is 3. The van der Waals surface area contributed by atoms with E-state index in [0.29, 0.717) is 5.92 Å². The van der Waals surface area contributed by atoms with Crippen molar-refractivity contribution in [3.63, 3.8) is 0 Å². The molecule has 106 valence electrons. The molecule has 0 radical (unpaired) electrons. The molecule has 0 bridgehead atoms. The lowest BCUT2D eigenvalue weighted by atomic mass is 10.0. The molecule has 1 aliphatic heterocycles. The van der Waals surface area contributed by atoms with Crippen molar-refractivity contribution in [1.29, 1.82) is 0 Å². The molecule has 1 unspecified atom stereocenters. The summed E-state index contributed by atoms with van der Waals surface area (Å²) < 4.78 is 4.04. The van der Waals surface area contributed by atoms with Gasteiger partial charge in [-0.05, 0) is 36.6 Å². The predicted molar refractivity (Wildman–Crippen MR) is 80.1 cm³/mol. The quantitative estimate of drug-likeness (QED) is 0.724. The summed E-state index contributed by atoms with van der Waals surface area (Å²) in [7, 11) is 0. The first kappa shape index (κ1) is 12.3. The second-order valence-corrected chi connectivity index (χ2v) is 5.69. The molecule has 0 saturated carbocycles. The monoisotopic (exact) mass is 279 g/mol. The van der Waals surface area contributed by atoms with E-state index >= 15 is 0 Å². The van der Waals surface area contributed by atoms with Crippen molar-refractivity contribution in [2.45, 2.75) is 26.3 Å². The van der Waals surface area contributed by atoms with Gasteiger partial charge in [-0.1, -0.05) is 6.92 Å². The summed E-state index contributed by atoms with van der Waals surface area (Å²) in [5.74, 6) is 2.65. The molecule has 0 aliphatic carbocycles. The average Bonchev–Trinajstić information content (AvgIpc) is 3.16. The number of imidazole rings is 1. The third-order valence-corrected chi connectivity index (χ3v) is 4.04. The molecule has 1 aliphatic rings. The molecule has 3 heterocycles. The van der Waals surface area contributed by atoms with Crippen LogP contribution in [-0.2, 0) is 13.0 Å². The molecule has 0 N–H and O–H groups in total. The Morgan fingerprint density at radius 3 is 2.81 bits per heavy atom. The molecule has 0 amide bonds. The zero-order chi connectivity index (χ0) is 14.2. The minimum atomic E-state index is 0.707. The molecule has 1 aromatic carbocycles. The van der Waals surface area contributed by atoms with Gasteiger partial charge in [0.25, 0.3) is 0 Å². The van der Waals surface area contributed by atoms with Crippen LogP contribution in [0, 0.1) is 5.92 Å². The van der Waals surface area contributed by atoms with Gasteiger partial charge in [0.2, 0.25) is 0 Å². The van der Waals surface area contributed by atoms with Crippen LogP contribution >= 0.6 is 0 Å². The number of aryl methyl sites for hydroxylation is 1. The number of hydrogen-bond donors (Lipinski definition) is 0. The Morgan fingerprint density at radius 1 is 1.19 bits per heavy atom. The first-order valence-electron chi connectivity index (χ1n) is 7.32. The Balaban J connectivity index is 1.65. The summed E-state index contributed by atoms with van der Waals surface area (Å²) in [6.07, 6.45) is 7.73. The molecule has 1 atom stereocenters. The van der Waals surface area contributed by atoms with Crippen molar-refractivity contribution in [2.24, 2.45) is 5.92 Å². The van der Waals surface area contributed by atoms with Gasteiger partial charge in [0.05, 0.1) is 6.33 Å². The summed E-state index contributed by atoms with van der Waals surface area (Å²) >= 11 is 0. The van der Waals surface area contributed by atoms with E-state index in [1.807, 2.05) is 10.8 Å². The highest BCUT2D eigenvalue weighted by atomic mass is 15.3. The second kappa shape index (κ2) is 4.84. The molecule has 2 aromatic heterocycles. The standard InChI is InChI=1S/C16H17N5/c1-12-6-8-21-15(10-12)18-16(19-21)13-2-4-14(5-3-13)20-9-7-17-11-20/h2-5,7,9,11-12H,6,8,10H2,1H3. The van der Waals surface area contributed by atoms with Crippen LogP contribution in [0.15, 0.2) is 43.0 Å². The molecule has 4 rings (SSSR count). The third kappa shape index (κ3) is 2.24. The molecule has 21 heavy (non-hydrogen) atoms. The van der Waals surface area contributed by atoms with E-state index in [0.717, 1.165) is 35.9 Å². The van der Waals surface area contributed by atoms with Crippen LogP contribution in [0.4, 0.5) is 0 Å². The zero-order valence-electron chi connectivity index (χ0n) is 12.0. The highest BCUT2D eigenvalue weighted by Crippen LogP contribution is 2.23. The fourth-order valence-corrected chi connectivity index (χ4v) is 2.78. The van der Waals surface area contributed by atoms with E-state index < -0.39 is 0 Å². The Labute approximate surface area is 123 Å². The van der Waals surface area contributed by atoms with Gasteiger partial charge >= 0.3 is 0 Å². The van der Waals surface area contributed by atoms with Gasteiger partial charge < -0.3 is 4.57 Å². The number of rotatable bonds is 2. The lowest BCUT2D eigenvalue weighted by Crippen LogP contribution is -2.18. The van der Waals surface area contributed by atoms with Gasteiger partial charge in [0.15, 0.2) is 5.82 Å². The van der Waals surface area contributed by atoms with E-state index in [1.54, 1.807) is 12.5 Å². The van der Waals surface area contributed by atoms with Crippen molar-refractivity contribution in [2.75, 3.05) is 0 Å². The van der Waals surface area contributed by atoms with E-state index in [2.05, 4.69) is 46.0 Å². The summed E-state index contributed by atoms with van der Waals surface area (Å²) in [5, 5.41) is 4.63. The molecule has 5 heteroatoms. The first-order valence-corrected chi connectivity index (χ1v) is 7.32. The van der Waals surface area contributed by atoms with Crippen molar-refractivity contribution in [1.82, 2.24) is 24.3 Å². The van der Waals surface area contributed by atoms with Crippen molar-refractivity contribution < 1.29 is 0 Å². The van der Waals surface area contributed by atoms with Crippen LogP contribution in [0.3, 0.4) is 0 Å². The van der Waals surface area contributed by atoms with Gasteiger partial charge in [-0.3, -0.25) is 0 Å².